The lowest BCUT2D eigenvalue weighted by Crippen LogP contribution is -2.42. The van der Waals surface area contributed by atoms with Crippen LogP contribution < -0.4 is 10.6 Å². The van der Waals surface area contributed by atoms with Crippen molar-refractivity contribution in [1.29, 1.82) is 0 Å². The molecule has 0 spiro atoms. The van der Waals surface area contributed by atoms with Crippen LogP contribution in [0, 0.1) is 5.92 Å². The maximum atomic E-state index is 12.3. The van der Waals surface area contributed by atoms with Crippen LogP contribution in [-0.4, -0.2) is 59.0 Å². The highest BCUT2D eigenvalue weighted by Gasteiger charge is 2.33. The number of thiazole rings is 1. The largest absolute Gasteiger partial charge is 0.351 e. The molecule has 0 radical (unpaired) electrons. The number of hydrogen-bond acceptors (Lipinski definition) is 6. The SMILES string of the molecule is O=C(NC[C@@H]1CN[C@H](C(=O)N2CCSC2)C1)c1cncs1. The summed E-state index contributed by atoms with van der Waals surface area (Å²) in [5.74, 6) is 2.28. The Labute approximate surface area is 131 Å². The molecule has 0 unspecified atom stereocenters. The Hall–Kier alpha value is -1.12. The van der Waals surface area contributed by atoms with Crippen LogP contribution in [0.3, 0.4) is 0 Å². The molecule has 21 heavy (non-hydrogen) atoms. The van der Waals surface area contributed by atoms with E-state index in [0.29, 0.717) is 17.3 Å². The van der Waals surface area contributed by atoms with E-state index in [9.17, 15) is 9.59 Å². The Morgan fingerprint density at radius 3 is 3.14 bits per heavy atom. The molecule has 1 aromatic rings. The summed E-state index contributed by atoms with van der Waals surface area (Å²) in [4.78, 5) is 30.6. The summed E-state index contributed by atoms with van der Waals surface area (Å²) < 4.78 is 0. The number of nitrogens with one attached hydrogen (secondary N) is 2. The Kier molecular flexibility index (Phi) is 4.77. The Morgan fingerprint density at radius 1 is 1.52 bits per heavy atom. The zero-order chi connectivity index (χ0) is 14.7. The molecular formula is C13H18N4O2S2. The van der Waals surface area contributed by atoms with Gasteiger partial charge in [0, 0.05) is 25.4 Å². The fraction of sp³-hybridized carbons (Fsp3) is 0.615. The highest BCUT2D eigenvalue weighted by Crippen LogP contribution is 2.20. The van der Waals surface area contributed by atoms with E-state index in [-0.39, 0.29) is 17.9 Å². The Balaban J connectivity index is 1.44. The summed E-state index contributed by atoms with van der Waals surface area (Å²) >= 11 is 3.13. The van der Waals surface area contributed by atoms with Crippen LogP contribution in [0.25, 0.3) is 0 Å². The van der Waals surface area contributed by atoms with Gasteiger partial charge in [0.15, 0.2) is 0 Å². The van der Waals surface area contributed by atoms with Crippen LogP contribution in [0.1, 0.15) is 16.1 Å². The van der Waals surface area contributed by atoms with E-state index in [4.69, 9.17) is 0 Å². The third-order valence-electron chi connectivity index (χ3n) is 3.79. The van der Waals surface area contributed by atoms with Crippen LogP contribution in [0.4, 0.5) is 0 Å². The average molecular weight is 326 g/mol. The maximum absolute atomic E-state index is 12.3. The summed E-state index contributed by atoms with van der Waals surface area (Å²) in [5.41, 5.74) is 1.65. The maximum Gasteiger partial charge on any atom is 0.263 e. The van der Waals surface area contributed by atoms with Crippen molar-refractivity contribution >= 4 is 34.9 Å². The molecule has 3 heterocycles. The molecule has 2 saturated heterocycles. The Bertz CT molecular complexity index is 502. The normalized spacial score (nSPS) is 25.2. The summed E-state index contributed by atoms with van der Waals surface area (Å²) in [6, 6.07) is -0.0889. The van der Waals surface area contributed by atoms with Crippen molar-refractivity contribution in [2.24, 2.45) is 5.92 Å². The predicted octanol–water partition coefficient (Wildman–Crippen LogP) is 0.384. The molecule has 0 aliphatic carbocycles. The smallest absolute Gasteiger partial charge is 0.263 e. The molecule has 0 saturated carbocycles. The van der Waals surface area contributed by atoms with Crippen molar-refractivity contribution in [3.8, 4) is 0 Å². The van der Waals surface area contributed by atoms with Gasteiger partial charge in [-0.2, -0.15) is 0 Å². The molecule has 1 aromatic heterocycles. The summed E-state index contributed by atoms with van der Waals surface area (Å²) in [6.45, 7) is 2.23. The van der Waals surface area contributed by atoms with Gasteiger partial charge in [0.1, 0.15) is 4.88 Å². The fourth-order valence-electron chi connectivity index (χ4n) is 2.61. The van der Waals surface area contributed by atoms with E-state index in [0.717, 1.165) is 31.1 Å². The molecule has 2 aliphatic heterocycles. The van der Waals surface area contributed by atoms with E-state index in [1.807, 2.05) is 4.90 Å². The number of carbonyl (C=O) groups excluding carboxylic acids is 2. The second kappa shape index (κ2) is 6.76. The van der Waals surface area contributed by atoms with Gasteiger partial charge >= 0.3 is 0 Å². The van der Waals surface area contributed by atoms with Crippen molar-refractivity contribution in [1.82, 2.24) is 20.5 Å². The van der Waals surface area contributed by atoms with Crippen molar-refractivity contribution in [3.05, 3.63) is 16.6 Å². The van der Waals surface area contributed by atoms with Crippen molar-refractivity contribution in [2.75, 3.05) is 31.3 Å². The fourth-order valence-corrected chi connectivity index (χ4v) is 4.10. The van der Waals surface area contributed by atoms with Gasteiger partial charge in [-0.15, -0.1) is 23.1 Å². The van der Waals surface area contributed by atoms with Crippen molar-refractivity contribution in [3.63, 3.8) is 0 Å². The topological polar surface area (TPSA) is 74.3 Å². The predicted molar refractivity (Wildman–Crippen MR) is 83.4 cm³/mol. The highest BCUT2D eigenvalue weighted by molar-refractivity contribution is 7.99. The molecule has 2 N–H and O–H groups in total. The minimum Gasteiger partial charge on any atom is -0.351 e. The molecule has 114 valence electrons. The second-order valence-corrected chi connectivity index (χ2v) is 7.24. The lowest BCUT2D eigenvalue weighted by Gasteiger charge is -2.19. The van der Waals surface area contributed by atoms with Gasteiger partial charge in [0.2, 0.25) is 5.91 Å². The minimum absolute atomic E-state index is 0.0804. The molecule has 2 atom stereocenters. The van der Waals surface area contributed by atoms with Gasteiger partial charge in [0.05, 0.1) is 23.6 Å². The summed E-state index contributed by atoms with van der Waals surface area (Å²) in [5, 5.41) is 6.20. The van der Waals surface area contributed by atoms with Crippen LogP contribution in [0.15, 0.2) is 11.7 Å². The number of hydrogen-bond donors (Lipinski definition) is 2. The Morgan fingerprint density at radius 2 is 2.43 bits per heavy atom. The molecule has 2 amide bonds. The van der Waals surface area contributed by atoms with Gasteiger partial charge in [-0.1, -0.05) is 0 Å². The number of nitrogens with zero attached hydrogens (tertiary/aromatic N) is 2. The number of carbonyl (C=O) groups is 2. The third-order valence-corrected chi connectivity index (χ3v) is 5.53. The molecule has 2 fully saturated rings. The molecule has 8 heteroatoms. The van der Waals surface area contributed by atoms with Gasteiger partial charge < -0.3 is 15.5 Å². The minimum atomic E-state index is -0.0889. The highest BCUT2D eigenvalue weighted by atomic mass is 32.2. The van der Waals surface area contributed by atoms with E-state index in [1.54, 1.807) is 23.5 Å². The second-order valence-electron chi connectivity index (χ2n) is 5.28. The van der Waals surface area contributed by atoms with Crippen molar-refractivity contribution in [2.45, 2.75) is 12.5 Å². The average Bonchev–Trinajstić information content (AvgIpc) is 3.26. The van der Waals surface area contributed by atoms with Crippen molar-refractivity contribution < 1.29 is 9.59 Å². The van der Waals surface area contributed by atoms with Crippen LogP contribution in [0.2, 0.25) is 0 Å². The lowest BCUT2D eigenvalue weighted by atomic mass is 10.0. The number of thioether (sulfide) groups is 1. The summed E-state index contributed by atoms with van der Waals surface area (Å²) in [6.07, 6.45) is 2.37. The van der Waals surface area contributed by atoms with Gasteiger partial charge in [-0.3, -0.25) is 14.6 Å². The summed E-state index contributed by atoms with van der Waals surface area (Å²) in [7, 11) is 0. The van der Waals surface area contributed by atoms with Crippen LogP contribution >= 0.6 is 23.1 Å². The van der Waals surface area contributed by atoms with Gasteiger partial charge in [-0.25, -0.2) is 0 Å². The van der Waals surface area contributed by atoms with E-state index in [2.05, 4.69) is 15.6 Å². The molecule has 6 nitrogen and oxygen atoms in total. The van der Waals surface area contributed by atoms with Gasteiger partial charge in [-0.05, 0) is 12.3 Å². The first-order chi connectivity index (χ1) is 10.2. The van der Waals surface area contributed by atoms with E-state index in [1.165, 1.54) is 11.3 Å². The lowest BCUT2D eigenvalue weighted by molar-refractivity contribution is -0.131. The molecule has 0 bridgehead atoms. The monoisotopic (exact) mass is 326 g/mol. The quantitative estimate of drug-likeness (QED) is 0.837. The molecule has 2 aliphatic rings. The number of amides is 2. The standard InChI is InChI=1S/C13H18N4O2S2/c18-12(11-6-14-7-21-11)16-5-9-3-10(15-4-9)13(19)17-1-2-20-8-17/h6-7,9-10,15H,1-5,8H2,(H,16,18)/t9-,10-/m0/s1. The van der Waals surface area contributed by atoms with E-state index >= 15 is 0 Å². The first-order valence-electron chi connectivity index (χ1n) is 7.00. The zero-order valence-corrected chi connectivity index (χ0v) is 13.2. The van der Waals surface area contributed by atoms with E-state index < -0.39 is 0 Å². The van der Waals surface area contributed by atoms with Gasteiger partial charge in [0.25, 0.3) is 5.91 Å². The first-order valence-corrected chi connectivity index (χ1v) is 9.04. The molecule has 3 rings (SSSR count). The van der Waals surface area contributed by atoms with Crippen LogP contribution in [-0.2, 0) is 4.79 Å². The molecule has 0 aromatic carbocycles. The first kappa shape index (κ1) is 14.8. The number of rotatable bonds is 4. The molecular weight excluding hydrogens is 308 g/mol. The third kappa shape index (κ3) is 3.56. The number of aromatic nitrogens is 1. The zero-order valence-electron chi connectivity index (χ0n) is 11.6. The van der Waals surface area contributed by atoms with Crippen LogP contribution in [0.5, 0.6) is 0 Å².